The van der Waals surface area contributed by atoms with Gasteiger partial charge in [0, 0.05) is 6.42 Å². The molecular formula is C18H34O4. The molecule has 0 heterocycles. The molecule has 22 heavy (non-hydrogen) atoms. The van der Waals surface area contributed by atoms with Gasteiger partial charge in [-0.05, 0) is 32.6 Å². The minimum absolute atomic E-state index is 0.0120. The maximum Gasteiger partial charge on any atom is 0.309 e. The second-order valence-electron chi connectivity index (χ2n) is 6.74. The molecule has 0 aromatic rings. The molecule has 4 nitrogen and oxygen atoms in total. The fourth-order valence-electron chi connectivity index (χ4n) is 2.57. The number of carbonyl (C=O) groups excluding carboxylic acids is 1. The van der Waals surface area contributed by atoms with Crippen molar-refractivity contribution in [1.82, 2.24) is 0 Å². The van der Waals surface area contributed by atoms with E-state index in [4.69, 9.17) is 9.84 Å². The van der Waals surface area contributed by atoms with E-state index in [2.05, 4.69) is 13.8 Å². The number of carboxylic acid groups (broad SMARTS) is 1. The third-order valence-corrected chi connectivity index (χ3v) is 3.87. The summed E-state index contributed by atoms with van der Waals surface area (Å²) in [6, 6.07) is 0. The number of aliphatic carboxylic acids is 1. The van der Waals surface area contributed by atoms with Crippen molar-refractivity contribution in [3.63, 3.8) is 0 Å². The van der Waals surface area contributed by atoms with Gasteiger partial charge in [0.2, 0.25) is 0 Å². The summed E-state index contributed by atoms with van der Waals surface area (Å²) in [4.78, 5) is 22.4. The first-order valence-corrected chi connectivity index (χ1v) is 8.76. The summed E-state index contributed by atoms with van der Waals surface area (Å²) in [5.74, 6) is -0.424. The van der Waals surface area contributed by atoms with Gasteiger partial charge in [0.25, 0.3) is 0 Å². The summed E-state index contributed by atoms with van der Waals surface area (Å²) >= 11 is 0. The highest BCUT2D eigenvalue weighted by Gasteiger charge is 2.23. The van der Waals surface area contributed by atoms with Crippen molar-refractivity contribution >= 4 is 11.9 Å². The molecule has 4 heteroatoms. The number of hydrogen-bond acceptors (Lipinski definition) is 3. The van der Waals surface area contributed by atoms with Crippen molar-refractivity contribution in [3.05, 3.63) is 0 Å². The molecule has 0 bridgehead atoms. The van der Waals surface area contributed by atoms with Crippen molar-refractivity contribution in [2.45, 2.75) is 91.6 Å². The van der Waals surface area contributed by atoms with E-state index in [1.807, 2.05) is 13.8 Å². The Kier molecular flexibility index (Phi) is 11.9. The van der Waals surface area contributed by atoms with Crippen molar-refractivity contribution in [2.24, 2.45) is 11.8 Å². The minimum Gasteiger partial charge on any atom is -0.481 e. The molecule has 0 saturated carbocycles. The van der Waals surface area contributed by atoms with Crippen molar-refractivity contribution in [2.75, 3.05) is 0 Å². The Morgan fingerprint density at radius 1 is 0.864 bits per heavy atom. The van der Waals surface area contributed by atoms with Crippen LogP contribution in [0.25, 0.3) is 0 Å². The van der Waals surface area contributed by atoms with E-state index >= 15 is 0 Å². The van der Waals surface area contributed by atoms with E-state index in [1.165, 1.54) is 0 Å². The lowest BCUT2D eigenvalue weighted by molar-refractivity contribution is -0.154. The van der Waals surface area contributed by atoms with Crippen LogP contribution in [0.15, 0.2) is 0 Å². The van der Waals surface area contributed by atoms with Gasteiger partial charge < -0.3 is 9.84 Å². The van der Waals surface area contributed by atoms with Gasteiger partial charge in [0.15, 0.2) is 0 Å². The number of esters is 1. The maximum absolute atomic E-state index is 12.0. The zero-order valence-electron chi connectivity index (χ0n) is 14.8. The van der Waals surface area contributed by atoms with Gasteiger partial charge in [0.1, 0.15) is 0 Å². The predicted molar refractivity (Wildman–Crippen MR) is 88.7 cm³/mol. The third kappa shape index (κ3) is 11.6. The molecule has 130 valence electrons. The quantitative estimate of drug-likeness (QED) is 0.391. The van der Waals surface area contributed by atoms with Crippen molar-refractivity contribution in [3.8, 4) is 0 Å². The Morgan fingerprint density at radius 2 is 1.36 bits per heavy atom. The molecule has 0 aliphatic carbocycles. The standard InChI is InChI=1S/C18H34O4/c1-14(2)16(18(21)22-15(3)4)12-10-8-6-5-7-9-11-13-17(19)20/h14-16H,5-13H2,1-4H3,(H,19,20). The molecule has 0 aromatic carbocycles. The van der Waals surface area contributed by atoms with Gasteiger partial charge in [-0.25, -0.2) is 0 Å². The largest absolute Gasteiger partial charge is 0.481 e. The topological polar surface area (TPSA) is 63.6 Å². The number of ether oxygens (including phenoxy) is 1. The molecule has 0 rings (SSSR count). The van der Waals surface area contributed by atoms with Crippen LogP contribution >= 0.6 is 0 Å². The molecule has 1 atom stereocenters. The van der Waals surface area contributed by atoms with Crippen LogP contribution in [-0.2, 0) is 14.3 Å². The van der Waals surface area contributed by atoms with Gasteiger partial charge >= 0.3 is 11.9 Å². The van der Waals surface area contributed by atoms with Crippen LogP contribution in [0.5, 0.6) is 0 Å². The molecule has 0 aliphatic rings. The molecule has 1 unspecified atom stereocenters. The van der Waals surface area contributed by atoms with E-state index in [9.17, 15) is 9.59 Å². The first-order chi connectivity index (χ1) is 10.3. The average Bonchev–Trinajstić information content (AvgIpc) is 2.39. The van der Waals surface area contributed by atoms with Crippen molar-refractivity contribution < 1.29 is 19.4 Å². The van der Waals surface area contributed by atoms with Crippen LogP contribution in [0.3, 0.4) is 0 Å². The lowest BCUT2D eigenvalue weighted by Gasteiger charge is -2.20. The third-order valence-electron chi connectivity index (χ3n) is 3.87. The lowest BCUT2D eigenvalue weighted by Crippen LogP contribution is -2.25. The first-order valence-electron chi connectivity index (χ1n) is 8.76. The Hall–Kier alpha value is -1.06. The fourth-order valence-corrected chi connectivity index (χ4v) is 2.57. The fraction of sp³-hybridized carbons (Fsp3) is 0.889. The Balaban J connectivity index is 3.69. The highest BCUT2D eigenvalue weighted by molar-refractivity contribution is 5.72. The first kappa shape index (κ1) is 20.9. The summed E-state index contributed by atoms with van der Waals surface area (Å²) in [6.45, 7) is 7.93. The van der Waals surface area contributed by atoms with Crippen LogP contribution in [0, 0.1) is 11.8 Å². The summed E-state index contributed by atoms with van der Waals surface area (Å²) in [7, 11) is 0. The molecule has 0 fully saturated rings. The van der Waals surface area contributed by atoms with Gasteiger partial charge in [-0.3, -0.25) is 9.59 Å². The predicted octanol–water partition coefficient (Wildman–Crippen LogP) is 4.81. The monoisotopic (exact) mass is 314 g/mol. The number of carbonyl (C=O) groups is 2. The highest BCUT2D eigenvalue weighted by Crippen LogP contribution is 2.21. The van der Waals surface area contributed by atoms with E-state index in [1.54, 1.807) is 0 Å². The van der Waals surface area contributed by atoms with Crippen molar-refractivity contribution in [1.29, 1.82) is 0 Å². The molecule has 0 aliphatic heterocycles. The van der Waals surface area contributed by atoms with Gasteiger partial charge in [-0.1, -0.05) is 52.4 Å². The van der Waals surface area contributed by atoms with E-state index in [0.717, 1.165) is 51.4 Å². The van der Waals surface area contributed by atoms with Crippen LogP contribution in [-0.4, -0.2) is 23.1 Å². The Morgan fingerprint density at radius 3 is 1.82 bits per heavy atom. The summed E-state index contributed by atoms with van der Waals surface area (Å²) in [5.41, 5.74) is 0. The van der Waals surface area contributed by atoms with E-state index in [0.29, 0.717) is 5.92 Å². The number of hydrogen-bond donors (Lipinski definition) is 1. The van der Waals surface area contributed by atoms with Crippen LogP contribution < -0.4 is 0 Å². The van der Waals surface area contributed by atoms with Crippen LogP contribution in [0.2, 0.25) is 0 Å². The molecule has 0 amide bonds. The number of carboxylic acids is 1. The molecular weight excluding hydrogens is 280 g/mol. The van der Waals surface area contributed by atoms with E-state index in [-0.39, 0.29) is 24.4 Å². The minimum atomic E-state index is -0.701. The molecule has 0 radical (unpaired) electrons. The summed E-state index contributed by atoms with van der Waals surface area (Å²) in [6.07, 6.45) is 8.56. The number of unbranched alkanes of at least 4 members (excludes halogenated alkanes) is 6. The number of rotatable bonds is 13. The van der Waals surface area contributed by atoms with Gasteiger partial charge in [-0.2, -0.15) is 0 Å². The second-order valence-corrected chi connectivity index (χ2v) is 6.74. The normalized spacial score (nSPS) is 12.6. The van der Waals surface area contributed by atoms with Gasteiger partial charge in [0.05, 0.1) is 12.0 Å². The average molecular weight is 314 g/mol. The molecule has 1 N–H and O–H groups in total. The van der Waals surface area contributed by atoms with Crippen LogP contribution in [0.1, 0.15) is 85.5 Å². The van der Waals surface area contributed by atoms with Crippen LogP contribution in [0.4, 0.5) is 0 Å². The zero-order chi connectivity index (χ0) is 17.0. The maximum atomic E-state index is 12.0. The second kappa shape index (κ2) is 12.5. The molecule has 0 aromatic heterocycles. The Bertz CT molecular complexity index is 310. The highest BCUT2D eigenvalue weighted by atomic mass is 16.5. The van der Waals surface area contributed by atoms with Gasteiger partial charge in [-0.15, -0.1) is 0 Å². The summed E-state index contributed by atoms with van der Waals surface area (Å²) < 4.78 is 5.33. The molecule has 0 spiro atoms. The zero-order valence-corrected chi connectivity index (χ0v) is 14.8. The van der Waals surface area contributed by atoms with E-state index < -0.39 is 5.97 Å². The SMILES string of the molecule is CC(C)OC(=O)C(CCCCCCCCCC(=O)O)C(C)C. The lowest BCUT2D eigenvalue weighted by atomic mass is 9.90. The Labute approximate surface area is 135 Å². The smallest absolute Gasteiger partial charge is 0.309 e. The summed E-state index contributed by atoms with van der Waals surface area (Å²) in [5, 5.41) is 8.54. The molecule has 0 saturated heterocycles.